The molecule has 0 unspecified atom stereocenters. The van der Waals surface area contributed by atoms with Gasteiger partial charge >= 0.3 is 0 Å². The molecule has 0 bridgehead atoms. The van der Waals surface area contributed by atoms with Crippen LogP contribution in [0.1, 0.15) is 24.6 Å². The van der Waals surface area contributed by atoms with Crippen molar-refractivity contribution in [2.75, 3.05) is 12.3 Å². The van der Waals surface area contributed by atoms with E-state index in [1.807, 2.05) is 37.3 Å². The lowest BCUT2D eigenvalue weighted by atomic mass is 10.1. The molecule has 6 heteroatoms. The monoisotopic (exact) mass is 331 g/mol. The lowest BCUT2D eigenvalue weighted by molar-refractivity contribution is -0.118. The third kappa shape index (κ3) is 6.28. The Balaban J connectivity index is 1.77. The van der Waals surface area contributed by atoms with Crippen molar-refractivity contribution in [3.63, 3.8) is 0 Å². The fourth-order valence-electron chi connectivity index (χ4n) is 2.11. The molecule has 2 rings (SSSR count). The number of thioether (sulfide) groups is 1. The fourth-order valence-corrected chi connectivity index (χ4v) is 2.84. The smallest absolute Gasteiger partial charge is 0.251 e. The Hall–Kier alpha value is -2.08. The number of aromatic nitrogens is 2. The fraction of sp³-hybridized carbons (Fsp3) is 0.353. The maximum atomic E-state index is 11.9. The summed E-state index contributed by atoms with van der Waals surface area (Å²) in [6, 6.07) is 11.5. The van der Waals surface area contributed by atoms with Gasteiger partial charge in [0.05, 0.1) is 5.75 Å². The van der Waals surface area contributed by atoms with E-state index in [9.17, 15) is 9.59 Å². The average Bonchev–Trinajstić information content (AvgIpc) is 2.54. The van der Waals surface area contributed by atoms with Gasteiger partial charge in [0.25, 0.3) is 5.56 Å². The molecule has 1 aromatic heterocycles. The molecule has 0 atom stereocenters. The summed E-state index contributed by atoms with van der Waals surface area (Å²) < 4.78 is 0. The lowest BCUT2D eigenvalue weighted by Gasteiger charge is -2.06. The molecular weight excluding hydrogens is 310 g/mol. The third-order valence-corrected chi connectivity index (χ3v) is 4.07. The van der Waals surface area contributed by atoms with Gasteiger partial charge in [-0.2, -0.15) is 0 Å². The highest BCUT2D eigenvalue weighted by Crippen LogP contribution is 2.11. The maximum Gasteiger partial charge on any atom is 0.251 e. The maximum absolute atomic E-state index is 11.9. The summed E-state index contributed by atoms with van der Waals surface area (Å²) in [5, 5.41) is 3.38. The van der Waals surface area contributed by atoms with Gasteiger partial charge in [-0.1, -0.05) is 55.4 Å². The van der Waals surface area contributed by atoms with Gasteiger partial charge in [-0.15, -0.1) is 0 Å². The Morgan fingerprint density at radius 2 is 2.04 bits per heavy atom. The molecule has 0 aliphatic rings. The third-order valence-electron chi connectivity index (χ3n) is 3.20. The highest BCUT2D eigenvalue weighted by atomic mass is 32.2. The van der Waals surface area contributed by atoms with Gasteiger partial charge in [-0.05, 0) is 18.4 Å². The predicted octanol–water partition coefficient (Wildman–Crippen LogP) is 2.17. The van der Waals surface area contributed by atoms with E-state index in [-0.39, 0.29) is 17.2 Å². The van der Waals surface area contributed by atoms with E-state index in [4.69, 9.17) is 0 Å². The van der Waals surface area contributed by atoms with E-state index in [0.717, 1.165) is 25.0 Å². The van der Waals surface area contributed by atoms with Crippen molar-refractivity contribution in [1.82, 2.24) is 15.3 Å². The molecule has 0 saturated carbocycles. The number of benzene rings is 1. The van der Waals surface area contributed by atoms with E-state index >= 15 is 0 Å². The van der Waals surface area contributed by atoms with Gasteiger partial charge in [0, 0.05) is 18.3 Å². The second-order valence-electron chi connectivity index (χ2n) is 5.17. The predicted molar refractivity (Wildman–Crippen MR) is 92.7 cm³/mol. The molecule has 1 heterocycles. The number of nitrogens with zero attached hydrogens (tertiary/aromatic N) is 1. The molecule has 23 heavy (non-hydrogen) atoms. The Morgan fingerprint density at radius 3 is 2.78 bits per heavy atom. The SMILES string of the molecule is CCCc1cc(=O)[nH]c(SCC(=O)NCCc2ccccc2)n1. The summed E-state index contributed by atoms with van der Waals surface area (Å²) in [5.74, 6) is 0.183. The van der Waals surface area contributed by atoms with Crippen LogP contribution in [0.25, 0.3) is 0 Å². The zero-order valence-corrected chi connectivity index (χ0v) is 14.0. The highest BCUT2D eigenvalue weighted by molar-refractivity contribution is 7.99. The molecule has 2 N–H and O–H groups in total. The molecule has 0 aliphatic heterocycles. The minimum atomic E-state index is -0.171. The molecule has 5 nitrogen and oxygen atoms in total. The summed E-state index contributed by atoms with van der Waals surface area (Å²) in [5.41, 5.74) is 1.79. The average molecular weight is 331 g/mol. The molecule has 122 valence electrons. The van der Waals surface area contributed by atoms with Crippen LogP contribution < -0.4 is 10.9 Å². The van der Waals surface area contributed by atoms with Crippen LogP contribution in [0, 0.1) is 0 Å². The summed E-state index contributed by atoms with van der Waals surface area (Å²) >= 11 is 1.25. The van der Waals surface area contributed by atoms with Gasteiger partial charge < -0.3 is 10.3 Å². The van der Waals surface area contributed by atoms with Gasteiger partial charge in [0.15, 0.2) is 5.16 Å². The van der Waals surface area contributed by atoms with Crippen molar-refractivity contribution < 1.29 is 4.79 Å². The number of H-pyrrole nitrogens is 1. The Kier molecular flexibility index (Phi) is 6.87. The standard InChI is InChI=1S/C17H21N3O2S/c1-2-6-14-11-15(21)20-17(19-14)23-12-16(22)18-10-9-13-7-4-3-5-8-13/h3-5,7-8,11H,2,6,9-10,12H2,1H3,(H,18,22)(H,19,20,21). The summed E-state index contributed by atoms with van der Waals surface area (Å²) in [6.45, 7) is 2.64. The van der Waals surface area contributed by atoms with Gasteiger partial charge in [-0.25, -0.2) is 4.98 Å². The second-order valence-corrected chi connectivity index (χ2v) is 6.13. The molecular formula is C17H21N3O2S. The quantitative estimate of drug-likeness (QED) is 0.574. The van der Waals surface area contributed by atoms with Crippen LogP contribution in [0.3, 0.4) is 0 Å². The number of hydrogen-bond donors (Lipinski definition) is 2. The van der Waals surface area contributed by atoms with Crippen molar-refractivity contribution in [2.45, 2.75) is 31.3 Å². The van der Waals surface area contributed by atoms with Crippen molar-refractivity contribution in [3.05, 3.63) is 58.0 Å². The van der Waals surface area contributed by atoms with Crippen molar-refractivity contribution in [1.29, 1.82) is 0 Å². The van der Waals surface area contributed by atoms with E-state index in [0.29, 0.717) is 11.7 Å². The zero-order chi connectivity index (χ0) is 16.5. The first-order valence-electron chi connectivity index (χ1n) is 7.71. The molecule has 0 spiro atoms. The Morgan fingerprint density at radius 1 is 1.26 bits per heavy atom. The van der Waals surface area contributed by atoms with Crippen LogP contribution in [-0.4, -0.2) is 28.2 Å². The summed E-state index contributed by atoms with van der Waals surface area (Å²) in [4.78, 5) is 30.4. The van der Waals surface area contributed by atoms with E-state index in [2.05, 4.69) is 15.3 Å². The van der Waals surface area contributed by atoms with Crippen LogP contribution in [0.15, 0.2) is 46.3 Å². The van der Waals surface area contributed by atoms with Crippen molar-refractivity contribution >= 4 is 17.7 Å². The number of hydrogen-bond acceptors (Lipinski definition) is 4. The molecule has 1 aromatic carbocycles. The normalized spacial score (nSPS) is 10.5. The van der Waals surface area contributed by atoms with Crippen molar-refractivity contribution in [3.8, 4) is 0 Å². The van der Waals surface area contributed by atoms with Crippen LogP contribution in [0.2, 0.25) is 0 Å². The number of amides is 1. The largest absolute Gasteiger partial charge is 0.355 e. The number of aryl methyl sites for hydroxylation is 1. The minimum Gasteiger partial charge on any atom is -0.355 e. The lowest BCUT2D eigenvalue weighted by Crippen LogP contribution is -2.27. The minimum absolute atomic E-state index is 0.0607. The summed E-state index contributed by atoms with van der Waals surface area (Å²) in [7, 11) is 0. The van der Waals surface area contributed by atoms with E-state index in [1.165, 1.54) is 23.4 Å². The molecule has 2 aromatic rings. The van der Waals surface area contributed by atoms with Gasteiger partial charge in [0.1, 0.15) is 0 Å². The van der Waals surface area contributed by atoms with Crippen LogP contribution in [0.4, 0.5) is 0 Å². The summed E-state index contributed by atoms with van der Waals surface area (Å²) in [6.07, 6.45) is 2.50. The highest BCUT2D eigenvalue weighted by Gasteiger charge is 2.06. The van der Waals surface area contributed by atoms with Crippen molar-refractivity contribution in [2.24, 2.45) is 0 Å². The number of carbonyl (C=O) groups excluding carboxylic acids is 1. The van der Waals surface area contributed by atoms with Crippen LogP contribution in [-0.2, 0) is 17.6 Å². The molecule has 1 amide bonds. The Labute approximate surface area is 139 Å². The van der Waals surface area contributed by atoms with Crippen LogP contribution in [0.5, 0.6) is 0 Å². The van der Waals surface area contributed by atoms with Gasteiger partial charge in [0.2, 0.25) is 5.91 Å². The second kappa shape index (κ2) is 9.15. The topological polar surface area (TPSA) is 74.8 Å². The van der Waals surface area contributed by atoms with E-state index in [1.54, 1.807) is 0 Å². The first-order chi connectivity index (χ1) is 11.2. The number of aromatic amines is 1. The van der Waals surface area contributed by atoms with E-state index < -0.39 is 0 Å². The number of rotatable bonds is 8. The van der Waals surface area contributed by atoms with Crippen LogP contribution >= 0.6 is 11.8 Å². The Bertz CT molecular complexity index is 686. The number of nitrogens with one attached hydrogen (secondary N) is 2. The van der Waals surface area contributed by atoms with Gasteiger partial charge in [-0.3, -0.25) is 9.59 Å². The number of carbonyl (C=O) groups is 1. The molecule has 0 saturated heterocycles. The molecule has 0 aliphatic carbocycles. The zero-order valence-electron chi connectivity index (χ0n) is 13.2. The molecule has 0 fully saturated rings. The first kappa shape index (κ1) is 17.3. The first-order valence-corrected chi connectivity index (χ1v) is 8.69. The molecule has 0 radical (unpaired) electrons.